The zero-order chi connectivity index (χ0) is 22.9. The lowest BCUT2D eigenvalue weighted by atomic mass is 10.1. The Balaban J connectivity index is 1.68. The summed E-state index contributed by atoms with van der Waals surface area (Å²) < 4.78 is 15.9. The van der Waals surface area contributed by atoms with E-state index < -0.39 is 17.5 Å². The lowest BCUT2D eigenvalue weighted by Gasteiger charge is -2.06. The van der Waals surface area contributed by atoms with Crippen molar-refractivity contribution in [2.24, 2.45) is 0 Å². The van der Waals surface area contributed by atoms with Crippen LogP contribution in [0.1, 0.15) is 42.6 Å². The molecule has 0 aliphatic heterocycles. The standard InChI is InChI=1S/C25H25NO6/c1-3-5-14-26-24(28)21-15-18-9-12-20(16-22(18)32-25(21)29)31-23(27)13-8-17-6-10-19(11-7-17)30-4-2/h6-13,15-16H,3-5,14H2,1-2H3,(H,26,28)/b13-8+. The van der Waals surface area contributed by atoms with Crippen molar-refractivity contribution in [1.82, 2.24) is 5.32 Å². The van der Waals surface area contributed by atoms with Crippen LogP contribution in [0.3, 0.4) is 0 Å². The van der Waals surface area contributed by atoms with Gasteiger partial charge in [0.05, 0.1) is 6.61 Å². The number of rotatable bonds is 9. The molecule has 0 fully saturated rings. The Labute approximate surface area is 185 Å². The molecule has 7 nitrogen and oxygen atoms in total. The summed E-state index contributed by atoms with van der Waals surface area (Å²) in [4.78, 5) is 36.5. The van der Waals surface area contributed by atoms with Crippen molar-refractivity contribution in [3.8, 4) is 11.5 Å². The third-order valence-corrected chi connectivity index (χ3v) is 4.59. The van der Waals surface area contributed by atoms with Crippen LogP contribution in [0.2, 0.25) is 0 Å². The van der Waals surface area contributed by atoms with Crippen molar-refractivity contribution in [2.75, 3.05) is 13.2 Å². The highest BCUT2D eigenvalue weighted by molar-refractivity contribution is 5.97. The zero-order valence-electron chi connectivity index (χ0n) is 18.1. The van der Waals surface area contributed by atoms with Gasteiger partial charge in [0.15, 0.2) is 0 Å². The van der Waals surface area contributed by atoms with Gasteiger partial charge in [0, 0.05) is 24.1 Å². The topological polar surface area (TPSA) is 94.8 Å². The SMILES string of the molecule is CCCCNC(=O)c1cc2ccc(OC(=O)/C=C/c3ccc(OCC)cc3)cc2oc1=O. The average molecular weight is 435 g/mol. The number of carbonyl (C=O) groups is 2. The molecule has 1 amide bonds. The minimum absolute atomic E-state index is 0.0587. The molecule has 32 heavy (non-hydrogen) atoms. The number of hydrogen-bond donors (Lipinski definition) is 1. The van der Waals surface area contributed by atoms with Crippen LogP contribution >= 0.6 is 0 Å². The van der Waals surface area contributed by atoms with E-state index in [9.17, 15) is 14.4 Å². The summed E-state index contributed by atoms with van der Waals surface area (Å²) in [5, 5.41) is 3.25. The first-order valence-corrected chi connectivity index (χ1v) is 10.5. The minimum atomic E-state index is -0.745. The summed E-state index contributed by atoms with van der Waals surface area (Å²) in [6.45, 7) is 5.00. The fraction of sp³-hybridized carbons (Fsp3) is 0.240. The summed E-state index contributed by atoms with van der Waals surface area (Å²) in [5.41, 5.74) is 0.238. The lowest BCUT2D eigenvalue weighted by Crippen LogP contribution is -2.28. The predicted molar refractivity (Wildman–Crippen MR) is 122 cm³/mol. The van der Waals surface area contributed by atoms with Gasteiger partial charge in [0.2, 0.25) is 0 Å². The van der Waals surface area contributed by atoms with Crippen LogP contribution < -0.4 is 20.4 Å². The van der Waals surface area contributed by atoms with E-state index in [0.717, 1.165) is 24.2 Å². The molecular weight excluding hydrogens is 410 g/mol. The van der Waals surface area contributed by atoms with Crippen molar-refractivity contribution in [2.45, 2.75) is 26.7 Å². The molecule has 7 heteroatoms. The Hall–Kier alpha value is -3.87. The summed E-state index contributed by atoms with van der Waals surface area (Å²) in [6.07, 6.45) is 4.69. The summed E-state index contributed by atoms with van der Waals surface area (Å²) in [7, 11) is 0. The Morgan fingerprint density at radius 2 is 1.78 bits per heavy atom. The molecule has 0 saturated carbocycles. The van der Waals surface area contributed by atoms with E-state index in [2.05, 4.69) is 5.32 Å². The molecule has 0 atom stereocenters. The summed E-state index contributed by atoms with van der Waals surface area (Å²) in [6, 6.07) is 13.4. The fourth-order valence-corrected chi connectivity index (χ4v) is 2.94. The van der Waals surface area contributed by atoms with Crippen LogP contribution in [0.5, 0.6) is 11.5 Å². The smallest absolute Gasteiger partial charge is 0.349 e. The van der Waals surface area contributed by atoms with Crippen LogP contribution in [0.25, 0.3) is 17.0 Å². The second-order valence-electron chi connectivity index (χ2n) is 7.01. The number of amides is 1. The van der Waals surface area contributed by atoms with E-state index >= 15 is 0 Å². The number of carbonyl (C=O) groups excluding carboxylic acids is 2. The normalized spacial score (nSPS) is 10.9. The van der Waals surface area contributed by atoms with Crippen LogP contribution in [0.15, 0.2) is 63.8 Å². The molecule has 3 aromatic rings. The molecule has 0 spiro atoms. The first-order valence-electron chi connectivity index (χ1n) is 10.5. The van der Waals surface area contributed by atoms with Crippen molar-refractivity contribution >= 4 is 28.9 Å². The maximum Gasteiger partial charge on any atom is 0.349 e. The van der Waals surface area contributed by atoms with Gasteiger partial charge in [0.1, 0.15) is 22.6 Å². The van der Waals surface area contributed by atoms with Crippen molar-refractivity contribution in [3.05, 3.63) is 76.2 Å². The molecule has 2 aromatic carbocycles. The maximum absolute atomic E-state index is 12.2. The highest BCUT2D eigenvalue weighted by atomic mass is 16.5. The first-order chi connectivity index (χ1) is 15.5. The second kappa shape index (κ2) is 10.9. The molecular formula is C25H25NO6. The highest BCUT2D eigenvalue weighted by Gasteiger charge is 2.14. The minimum Gasteiger partial charge on any atom is -0.494 e. The molecule has 1 aromatic heterocycles. The van der Waals surface area contributed by atoms with Gasteiger partial charge >= 0.3 is 11.6 Å². The van der Waals surface area contributed by atoms with Gasteiger partial charge in [-0.3, -0.25) is 4.79 Å². The monoisotopic (exact) mass is 435 g/mol. The number of unbranched alkanes of at least 4 members (excludes halogenated alkanes) is 1. The third-order valence-electron chi connectivity index (χ3n) is 4.59. The van der Waals surface area contributed by atoms with Crippen LogP contribution in [0.4, 0.5) is 0 Å². The van der Waals surface area contributed by atoms with Gasteiger partial charge in [-0.15, -0.1) is 0 Å². The quantitative estimate of drug-likeness (QED) is 0.177. The van der Waals surface area contributed by atoms with Crippen LogP contribution in [0, 0.1) is 0 Å². The first kappa shape index (κ1) is 22.8. The molecule has 1 N–H and O–H groups in total. The van der Waals surface area contributed by atoms with Gasteiger partial charge in [-0.1, -0.05) is 25.5 Å². The molecule has 0 unspecified atom stereocenters. The fourth-order valence-electron chi connectivity index (χ4n) is 2.94. The Kier molecular flexibility index (Phi) is 7.80. The summed E-state index contributed by atoms with van der Waals surface area (Å²) >= 11 is 0. The summed E-state index contributed by atoms with van der Waals surface area (Å²) in [5.74, 6) is -0.0647. The highest BCUT2D eigenvalue weighted by Crippen LogP contribution is 2.21. The van der Waals surface area contributed by atoms with E-state index in [1.165, 1.54) is 18.2 Å². The van der Waals surface area contributed by atoms with Gasteiger partial charge in [0.25, 0.3) is 5.91 Å². The van der Waals surface area contributed by atoms with E-state index in [1.807, 2.05) is 38.1 Å². The van der Waals surface area contributed by atoms with Crippen molar-refractivity contribution in [1.29, 1.82) is 0 Å². The molecule has 0 saturated heterocycles. The lowest BCUT2D eigenvalue weighted by molar-refractivity contribution is -0.128. The van der Waals surface area contributed by atoms with Gasteiger partial charge in [-0.25, -0.2) is 9.59 Å². The molecule has 1 heterocycles. The number of ether oxygens (including phenoxy) is 2. The van der Waals surface area contributed by atoms with E-state index in [1.54, 1.807) is 18.2 Å². The second-order valence-corrected chi connectivity index (χ2v) is 7.01. The molecule has 0 bridgehead atoms. The Morgan fingerprint density at radius 1 is 1.03 bits per heavy atom. The van der Waals surface area contributed by atoms with E-state index in [4.69, 9.17) is 13.9 Å². The maximum atomic E-state index is 12.2. The number of hydrogen-bond acceptors (Lipinski definition) is 6. The van der Waals surface area contributed by atoms with Gasteiger partial charge in [-0.2, -0.15) is 0 Å². The predicted octanol–water partition coefficient (Wildman–Crippen LogP) is 4.34. The number of benzene rings is 2. The van der Waals surface area contributed by atoms with E-state index in [0.29, 0.717) is 18.5 Å². The largest absolute Gasteiger partial charge is 0.494 e. The van der Waals surface area contributed by atoms with Crippen molar-refractivity contribution in [3.63, 3.8) is 0 Å². The molecule has 0 aliphatic rings. The molecule has 0 radical (unpaired) electrons. The third kappa shape index (κ3) is 6.07. The Bertz CT molecular complexity index is 1180. The number of fused-ring (bicyclic) bond motifs is 1. The molecule has 166 valence electrons. The van der Waals surface area contributed by atoms with E-state index in [-0.39, 0.29) is 16.9 Å². The number of esters is 1. The van der Waals surface area contributed by atoms with Crippen LogP contribution in [-0.4, -0.2) is 25.0 Å². The van der Waals surface area contributed by atoms with Crippen LogP contribution in [-0.2, 0) is 4.79 Å². The van der Waals surface area contributed by atoms with Gasteiger partial charge in [-0.05, 0) is 55.3 Å². The van der Waals surface area contributed by atoms with Crippen molar-refractivity contribution < 1.29 is 23.5 Å². The number of nitrogens with one attached hydrogen (secondary N) is 1. The average Bonchev–Trinajstić information content (AvgIpc) is 2.78. The molecule has 0 aliphatic carbocycles. The zero-order valence-corrected chi connectivity index (χ0v) is 18.1. The van der Waals surface area contributed by atoms with Gasteiger partial charge < -0.3 is 19.2 Å². The Morgan fingerprint density at radius 3 is 2.50 bits per heavy atom. The molecule has 3 rings (SSSR count).